The van der Waals surface area contributed by atoms with Gasteiger partial charge in [0.2, 0.25) is 0 Å². The Morgan fingerprint density at radius 2 is 2.00 bits per heavy atom. The molecule has 0 bridgehead atoms. The molecule has 2 heterocycles. The molecule has 0 saturated heterocycles. The van der Waals surface area contributed by atoms with Crippen molar-refractivity contribution in [1.82, 2.24) is 14.9 Å². The molecular formula is C18H16ClN3O4S. The highest BCUT2D eigenvalue weighted by Gasteiger charge is 2.10. The van der Waals surface area contributed by atoms with Gasteiger partial charge in [0, 0.05) is 18.1 Å². The summed E-state index contributed by atoms with van der Waals surface area (Å²) in [7, 11) is 0. The topological polar surface area (TPSA) is 90.3 Å². The van der Waals surface area contributed by atoms with Crippen LogP contribution in [0.5, 0.6) is 0 Å². The van der Waals surface area contributed by atoms with Crippen LogP contribution in [0.25, 0.3) is 10.2 Å². The van der Waals surface area contributed by atoms with E-state index in [2.05, 4.69) is 10.3 Å². The van der Waals surface area contributed by atoms with Crippen molar-refractivity contribution in [3.8, 4) is 0 Å². The lowest BCUT2D eigenvalue weighted by Gasteiger charge is -2.08. The lowest BCUT2D eigenvalue weighted by Crippen LogP contribution is -2.29. The standard InChI is InChI=1S/C18H16ClN3O4S/c19-13-3-1-12(2-4-13)9-20-15(23)10-26-16(24)5-7-22-11-21-17-14(18(22)25)6-8-27-17/h1-4,6,8,11H,5,7,9-10H2,(H,20,23). The van der Waals surface area contributed by atoms with Crippen molar-refractivity contribution in [3.05, 3.63) is 63.0 Å². The maximum Gasteiger partial charge on any atom is 0.308 e. The summed E-state index contributed by atoms with van der Waals surface area (Å²) >= 11 is 7.18. The van der Waals surface area contributed by atoms with Crippen LogP contribution < -0.4 is 10.9 Å². The molecule has 27 heavy (non-hydrogen) atoms. The first-order valence-corrected chi connectivity index (χ1v) is 9.38. The molecule has 0 fully saturated rings. The highest BCUT2D eigenvalue weighted by molar-refractivity contribution is 7.16. The van der Waals surface area contributed by atoms with Crippen molar-refractivity contribution >= 4 is 45.0 Å². The van der Waals surface area contributed by atoms with Crippen LogP contribution in [0.15, 0.2) is 46.8 Å². The first kappa shape index (κ1) is 19.1. The summed E-state index contributed by atoms with van der Waals surface area (Å²) in [6.07, 6.45) is 1.38. The van der Waals surface area contributed by atoms with Crippen molar-refractivity contribution < 1.29 is 14.3 Å². The number of ether oxygens (including phenoxy) is 1. The zero-order valence-corrected chi connectivity index (χ0v) is 15.8. The maximum absolute atomic E-state index is 12.2. The largest absolute Gasteiger partial charge is 0.456 e. The first-order chi connectivity index (χ1) is 13.0. The molecule has 1 aromatic carbocycles. The zero-order chi connectivity index (χ0) is 19.2. The lowest BCUT2D eigenvalue weighted by molar-refractivity contribution is -0.148. The number of carbonyl (C=O) groups is 2. The second-order valence-electron chi connectivity index (χ2n) is 5.70. The third kappa shape index (κ3) is 5.15. The molecule has 0 aliphatic heterocycles. The van der Waals surface area contributed by atoms with Crippen molar-refractivity contribution in [1.29, 1.82) is 0 Å². The third-order valence-electron chi connectivity index (χ3n) is 3.77. The number of rotatable bonds is 7. The SMILES string of the molecule is O=C(COC(=O)CCn1cnc2sccc2c1=O)NCc1ccc(Cl)cc1. The van der Waals surface area contributed by atoms with Gasteiger partial charge in [0.25, 0.3) is 11.5 Å². The van der Waals surface area contributed by atoms with Gasteiger partial charge in [-0.05, 0) is 29.1 Å². The molecule has 2 aromatic heterocycles. The maximum atomic E-state index is 12.2. The molecule has 0 saturated carbocycles. The minimum absolute atomic E-state index is 0.0261. The second-order valence-corrected chi connectivity index (χ2v) is 7.03. The van der Waals surface area contributed by atoms with Gasteiger partial charge < -0.3 is 10.1 Å². The number of hydrogen-bond acceptors (Lipinski definition) is 6. The van der Waals surface area contributed by atoms with E-state index in [9.17, 15) is 14.4 Å². The van der Waals surface area contributed by atoms with E-state index in [1.54, 1.807) is 35.7 Å². The average Bonchev–Trinajstić information content (AvgIpc) is 3.15. The van der Waals surface area contributed by atoms with Crippen molar-refractivity contribution in [2.24, 2.45) is 0 Å². The molecule has 7 nitrogen and oxygen atoms in total. The van der Waals surface area contributed by atoms with Gasteiger partial charge in [-0.15, -0.1) is 11.3 Å². The molecular weight excluding hydrogens is 390 g/mol. The van der Waals surface area contributed by atoms with Gasteiger partial charge in [-0.1, -0.05) is 23.7 Å². The van der Waals surface area contributed by atoms with E-state index < -0.39 is 11.9 Å². The number of thiophene rings is 1. The number of esters is 1. The monoisotopic (exact) mass is 405 g/mol. The van der Waals surface area contributed by atoms with Crippen molar-refractivity contribution in [2.75, 3.05) is 6.61 Å². The molecule has 0 spiro atoms. The lowest BCUT2D eigenvalue weighted by atomic mass is 10.2. The summed E-state index contributed by atoms with van der Waals surface area (Å²) in [5.41, 5.74) is 0.685. The number of fused-ring (bicyclic) bond motifs is 1. The van der Waals surface area contributed by atoms with Gasteiger partial charge >= 0.3 is 5.97 Å². The summed E-state index contributed by atoms with van der Waals surface area (Å²) in [6, 6.07) is 8.76. The zero-order valence-electron chi connectivity index (χ0n) is 14.2. The Kier molecular flexibility index (Phi) is 6.20. The predicted molar refractivity (Wildman–Crippen MR) is 103 cm³/mol. The molecule has 1 amide bonds. The van der Waals surface area contributed by atoms with Gasteiger partial charge in [-0.25, -0.2) is 4.98 Å². The molecule has 0 aliphatic carbocycles. The second kappa shape index (κ2) is 8.79. The van der Waals surface area contributed by atoms with E-state index >= 15 is 0 Å². The number of halogens is 1. The van der Waals surface area contributed by atoms with Crippen LogP contribution in [-0.4, -0.2) is 28.0 Å². The Morgan fingerprint density at radius 3 is 2.78 bits per heavy atom. The van der Waals surface area contributed by atoms with E-state index in [0.29, 0.717) is 21.8 Å². The highest BCUT2D eigenvalue weighted by atomic mass is 35.5. The Balaban J connectivity index is 1.42. The molecule has 9 heteroatoms. The predicted octanol–water partition coefficient (Wildman–Crippen LogP) is 2.36. The fraction of sp³-hybridized carbons (Fsp3) is 0.222. The number of benzene rings is 1. The Labute approximate surface area is 163 Å². The van der Waals surface area contributed by atoms with Gasteiger partial charge in [-0.2, -0.15) is 0 Å². The minimum Gasteiger partial charge on any atom is -0.456 e. The highest BCUT2D eigenvalue weighted by Crippen LogP contribution is 2.13. The summed E-state index contributed by atoms with van der Waals surface area (Å²) in [4.78, 5) is 40.6. The Hall–Kier alpha value is -2.71. The quantitative estimate of drug-likeness (QED) is 0.609. The van der Waals surface area contributed by atoms with Crippen LogP contribution in [0.4, 0.5) is 0 Å². The molecule has 1 N–H and O–H groups in total. The van der Waals surface area contributed by atoms with Crippen LogP contribution in [0.3, 0.4) is 0 Å². The van der Waals surface area contributed by atoms with Crippen molar-refractivity contribution in [3.63, 3.8) is 0 Å². The van der Waals surface area contributed by atoms with Crippen LogP contribution in [0.1, 0.15) is 12.0 Å². The van der Waals surface area contributed by atoms with E-state index in [1.165, 1.54) is 22.2 Å². The van der Waals surface area contributed by atoms with E-state index in [0.717, 1.165) is 5.56 Å². The van der Waals surface area contributed by atoms with E-state index in [-0.39, 0.29) is 25.1 Å². The molecule has 0 unspecified atom stereocenters. The Morgan fingerprint density at radius 1 is 1.22 bits per heavy atom. The van der Waals surface area contributed by atoms with Crippen LogP contribution in [0, 0.1) is 0 Å². The smallest absolute Gasteiger partial charge is 0.308 e. The number of nitrogens with zero attached hydrogens (tertiary/aromatic N) is 2. The normalized spacial score (nSPS) is 10.7. The number of carbonyl (C=O) groups excluding carboxylic acids is 2. The fourth-order valence-electron chi connectivity index (χ4n) is 2.34. The number of aromatic nitrogens is 2. The van der Waals surface area contributed by atoms with E-state index in [4.69, 9.17) is 16.3 Å². The first-order valence-electron chi connectivity index (χ1n) is 8.12. The van der Waals surface area contributed by atoms with Gasteiger partial charge in [-0.3, -0.25) is 19.0 Å². The molecule has 0 atom stereocenters. The van der Waals surface area contributed by atoms with Crippen LogP contribution in [0.2, 0.25) is 5.02 Å². The summed E-state index contributed by atoms with van der Waals surface area (Å²) in [5, 5.41) is 5.59. The van der Waals surface area contributed by atoms with Crippen LogP contribution in [-0.2, 0) is 27.4 Å². The molecule has 140 valence electrons. The van der Waals surface area contributed by atoms with Crippen molar-refractivity contribution in [2.45, 2.75) is 19.5 Å². The Bertz CT molecular complexity index is 1010. The van der Waals surface area contributed by atoms with Gasteiger partial charge in [0.05, 0.1) is 18.1 Å². The number of amides is 1. The van der Waals surface area contributed by atoms with E-state index in [1.807, 2.05) is 0 Å². The summed E-state index contributed by atoms with van der Waals surface area (Å²) in [6.45, 7) is 0.0846. The fourth-order valence-corrected chi connectivity index (χ4v) is 3.19. The summed E-state index contributed by atoms with van der Waals surface area (Å²) < 4.78 is 6.30. The third-order valence-corrected chi connectivity index (χ3v) is 4.85. The molecule has 3 rings (SSSR count). The average molecular weight is 406 g/mol. The number of nitrogens with one attached hydrogen (secondary N) is 1. The minimum atomic E-state index is -0.561. The molecule has 0 aliphatic rings. The van der Waals surface area contributed by atoms with Crippen LogP contribution >= 0.6 is 22.9 Å². The molecule has 3 aromatic rings. The van der Waals surface area contributed by atoms with Gasteiger partial charge in [0.1, 0.15) is 4.83 Å². The van der Waals surface area contributed by atoms with Gasteiger partial charge in [0.15, 0.2) is 6.61 Å². The summed E-state index contributed by atoms with van der Waals surface area (Å²) in [5.74, 6) is -0.967. The number of hydrogen-bond donors (Lipinski definition) is 1. The number of aryl methyl sites for hydroxylation is 1. The molecule has 0 radical (unpaired) electrons.